The maximum atomic E-state index is 11.7. The third kappa shape index (κ3) is 2.54. The van der Waals surface area contributed by atoms with Crippen LogP contribution in [-0.4, -0.2) is 36.6 Å². The van der Waals surface area contributed by atoms with Crippen LogP contribution in [-0.2, 0) is 11.2 Å². The summed E-state index contributed by atoms with van der Waals surface area (Å²) >= 11 is 0. The van der Waals surface area contributed by atoms with Gasteiger partial charge in [-0.05, 0) is 43.5 Å². The van der Waals surface area contributed by atoms with Crippen molar-refractivity contribution in [3.63, 3.8) is 0 Å². The van der Waals surface area contributed by atoms with Crippen LogP contribution < -0.4 is 10.2 Å². The molecule has 1 amide bonds. The van der Waals surface area contributed by atoms with Crippen molar-refractivity contribution in [2.75, 3.05) is 18.5 Å². The SMILES string of the molecule is CNC(=O)C(C)N1CCCc2cc(C(=O)O)ccc21. The van der Waals surface area contributed by atoms with E-state index in [4.69, 9.17) is 5.11 Å². The molecule has 19 heavy (non-hydrogen) atoms. The van der Waals surface area contributed by atoms with Gasteiger partial charge in [-0.2, -0.15) is 0 Å². The first kappa shape index (κ1) is 13.4. The highest BCUT2D eigenvalue weighted by Gasteiger charge is 2.25. The second kappa shape index (κ2) is 5.30. The van der Waals surface area contributed by atoms with Gasteiger partial charge in [-0.15, -0.1) is 0 Å². The average molecular weight is 262 g/mol. The van der Waals surface area contributed by atoms with Crippen LogP contribution >= 0.6 is 0 Å². The summed E-state index contributed by atoms with van der Waals surface area (Å²) in [6.45, 7) is 2.67. The van der Waals surface area contributed by atoms with Gasteiger partial charge in [-0.1, -0.05) is 0 Å². The Morgan fingerprint density at radius 1 is 1.42 bits per heavy atom. The number of anilines is 1. The van der Waals surface area contributed by atoms with Crippen LogP contribution in [0.2, 0.25) is 0 Å². The van der Waals surface area contributed by atoms with Crippen molar-refractivity contribution >= 4 is 17.6 Å². The summed E-state index contributed by atoms with van der Waals surface area (Å²) < 4.78 is 0. The van der Waals surface area contributed by atoms with E-state index in [1.807, 2.05) is 11.8 Å². The fourth-order valence-electron chi connectivity index (χ4n) is 2.51. The zero-order chi connectivity index (χ0) is 14.0. The molecule has 5 nitrogen and oxygen atoms in total. The highest BCUT2D eigenvalue weighted by atomic mass is 16.4. The van der Waals surface area contributed by atoms with Crippen molar-refractivity contribution in [1.29, 1.82) is 0 Å². The summed E-state index contributed by atoms with van der Waals surface area (Å²) in [6.07, 6.45) is 1.78. The highest BCUT2D eigenvalue weighted by Crippen LogP contribution is 2.29. The molecule has 0 aliphatic carbocycles. The lowest BCUT2D eigenvalue weighted by Gasteiger charge is -2.35. The number of likely N-dealkylation sites (N-methyl/N-ethyl adjacent to an activating group) is 1. The van der Waals surface area contributed by atoms with Gasteiger partial charge in [0.2, 0.25) is 5.91 Å². The van der Waals surface area contributed by atoms with E-state index in [-0.39, 0.29) is 11.9 Å². The second-order valence-electron chi connectivity index (χ2n) is 4.74. The van der Waals surface area contributed by atoms with Crippen molar-refractivity contribution in [2.45, 2.75) is 25.8 Å². The number of carbonyl (C=O) groups is 2. The minimum absolute atomic E-state index is 0.0323. The monoisotopic (exact) mass is 262 g/mol. The lowest BCUT2D eigenvalue weighted by Crippen LogP contribution is -2.46. The molecule has 0 spiro atoms. The number of carboxylic acids is 1. The molecule has 1 aromatic rings. The molecule has 102 valence electrons. The van der Waals surface area contributed by atoms with Crippen LogP contribution in [0.4, 0.5) is 5.69 Å². The lowest BCUT2D eigenvalue weighted by molar-refractivity contribution is -0.121. The van der Waals surface area contributed by atoms with Crippen LogP contribution in [0.25, 0.3) is 0 Å². The average Bonchev–Trinajstić information content (AvgIpc) is 2.44. The number of aromatic carboxylic acids is 1. The smallest absolute Gasteiger partial charge is 0.335 e. The van der Waals surface area contributed by atoms with Gasteiger partial charge in [0, 0.05) is 19.3 Å². The first-order valence-electron chi connectivity index (χ1n) is 6.39. The number of hydrogen-bond acceptors (Lipinski definition) is 3. The molecule has 2 rings (SSSR count). The minimum Gasteiger partial charge on any atom is -0.478 e. The zero-order valence-corrected chi connectivity index (χ0v) is 11.1. The predicted octanol–water partition coefficient (Wildman–Crippen LogP) is 1.27. The molecule has 0 bridgehead atoms. The molecule has 0 radical (unpaired) electrons. The molecule has 1 heterocycles. The van der Waals surface area contributed by atoms with Crippen LogP contribution in [0.3, 0.4) is 0 Å². The maximum Gasteiger partial charge on any atom is 0.335 e. The van der Waals surface area contributed by atoms with E-state index in [0.717, 1.165) is 30.6 Å². The Morgan fingerprint density at radius 3 is 2.79 bits per heavy atom. The molecule has 0 aromatic heterocycles. The molecule has 0 saturated heterocycles. The molecule has 1 aliphatic heterocycles. The summed E-state index contributed by atoms with van der Waals surface area (Å²) in [5, 5.41) is 11.7. The Labute approximate surface area is 112 Å². The topological polar surface area (TPSA) is 69.6 Å². The van der Waals surface area contributed by atoms with Crippen molar-refractivity contribution < 1.29 is 14.7 Å². The third-order valence-electron chi connectivity index (χ3n) is 3.57. The van der Waals surface area contributed by atoms with Gasteiger partial charge >= 0.3 is 5.97 Å². The molecule has 2 N–H and O–H groups in total. The zero-order valence-electron chi connectivity index (χ0n) is 11.1. The van der Waals surface area contributed by atoms with Crippen molar-refractivity contribution in [3.05, 3.63) is 29.3 Å². The van der Waals surface area contributed by atoms with Crippen LogP contribution in [0.5, 0.6) is 0 Å². The fourth-order valence-corrected chi connectivity index (χ4v) is 2.51. The first-order chi connectivity index (χ1) is 9.04. The summed E-state index contributed by atoms with van der Waals surface area (Å²) in [4.78, 5) is 24.8. The van der Waals surface area contributed by atoms with E-state index in [9.17, 15) is 9.59 Å². The van der Waals surface area contributed by atoms with Crippen LogP contribution in [0.15, 0.2) is 18.2 Å². The van der Waals surface area contributed by atoms with E-state index in [1.54, 1.807) is 25.2 Å². The summed E-state index contributed by atoms with van der Waals surface area (Å²) in [7, 11) is 1.62. The van der Waals surface area contributed by atoms with E-state index in [2.05, 4.69) is 5.32 Å². The summed E-state index contributed by atoms with van der Waals surface area (Å²) in [6, 6.07) is 4.85. The standard InChI is InChI=1S/C14H18N2O3/c1-9(13(17)15-2)16-7-3-4-10-8-11(14(18)19)5-6-12(10)16/h5-6,8-9H,3-4,7H2,1-2H3,(H,15,17)(H,18,19). The number of carboxylic acid groups (broad SMARTS) is 1. The summed E-state index contributed by atoms with van der Waals surface area (Å²) in [5.41, 5.74) is 2.27. The van der Waals surface area contributed by atoms with Crippen molar-refractivity contribution in [3.8, 4) is 0 Å². The van der Waals surface area contributed by atoms with Gasteiger partial charge in [0.05, 0.1) is 5.56 Å². The molecule has 0 saturated carbocycles. The van der Waals surface area contributed by atoms with Crippen LogP contribution in [0.1, 0.15) is 29.3 Å². The van der Waals surface area contributed by atoms with Gasteiger partial charge in [-0.25, -0.2) is 4.79 Å². The van der Waals surface area contributed by atoms with E-state index < -0.39 is 5.97 Å². The van der Waals surface area contributed by atoms with E-state index in [0.29, 0.717) is 5.56 Å². The number of amides is 1. The van der Waals surface area contributed by atoms with Gasteiger partial charge in [0.25, 0.3) is 0 Å². The van der Waals surface area contributed by atoms with Gasteiger partial charge in [-0.3, -0.25) is 4.79 Å². The van der Waals surface area contributed by atoms with E-state index >= 15 is 0 Å². The Kier molecular flexibility index (Phi) is 3.74. The van der Waals surface area contributed by atoms with E-state index in [1.165, 1.54) is 0 Å². The van der Waals surface area contributed by atoms with Crippen molar-refractivity contribution in [2.24, 2.45) is 0 Å². The normalized spacial score (nSPS) is 15.6. The number of nitrogens with zero attached hydrogens (tertiary/aromatic N) is 1. The predicted molar refractivity (Wildman–Crippen MR) is 72.6 cm³/mol. The van der Waals surface area contributed by atoms with Crippen LogP contribution in [0, 0.1) is 0 Å². The number of nitrogens with one attached hydrogen (secondary N) is 1. The molecule has 1 aliphatic rings. The molecule has 0 fully saturated rings. The summed E-state index contributed by atoms with van der Waals surface area (Å²) in [5.74, 6) is -0.950. The number of rotatable bonds is 3. The van der Waals surface area contributed by atoms with Gasteiger partial charge < -0.3 is 15.3 Å². The van der Waals surface area contributed by atoms with Gasteiger partial charge in [0.1, 0.15) is 6.04 Å². The van der Waals surface area contributed by atoms with Gasteiger partial charge in [0.15, 0.2) is 0 Å². The largest absolute Gasteiger partial charge is 0.478 e. The molecule has 1 unspecified atom stereocenters. The first-order valence-corrected chi connectivity index (χ1v) is 6.39. The van der Waals surface area contributed by atoms with Crippen molar-refractivity contribution in [1.82, 2.24) is 5.32 Å². The molecule has 1 aromatic carbocycles. The number of carbonyl (C=O) groups excluding carboxylic acids is 1. The highest BCUT2D eigenvalue weighted by molar-refractivity contribution is 5.89. The number of fused-ring (bicyclic) bond motifs is 1. The fraction of sp³-hybridized carbons (Fsp3) is 0.429. The lowest BCUT2D eigenvalue weighted by atomic mass is 9.98. The third-order valence-corrected chi connectivity index (χ3v) is 3.57. The Balaban J connectivity index is 2.34. The molecular weight excluding hydrogens is 244 g/mol. The maximum absolute atomic E-state index is 11.7. The Morgan fingerprint density at radius 2 is 2.16 bits per heavy atom. The Hall–Kier alpha value is -2.04. The molecule has 1 atom stereocenters. The number of benzene rings is 1. The molecular formula is C14H18N2O3. The Bertz CT molecular complexity index is 513. The number of hydrogen-bond donors (Lipinski definition) is 2. The number of aryl methyl sites for hydroxylation is 1. The minimum atomic E-state index is -0.917. The quantitative estimate of drug-likeness (QED) is 0.860. The molecule has 5 heteroatoms. The second-order valence-corrected chi connectivity index (χ2v) is 4.74.